The average molecular weight is 582 g/mol. The van der Waals surface area contributed by atoms with Gasteiger partial charge >= 0.3 is 0 Å². The number of anilines is 3. The van der Waals surface area contributed by atoms with Gasteiger partial charge in [0.1, 0.15) is 0 Å². The van der Waals surface area contributed by atoms with Gasteiger partial charge in [-0.2, -0.15) is 0 Å². The second kappa shape index (κ2) is 13.8. The molecular formula is C43H51N. The largest absolute Gasteiger partial charge is 0.311 e. The van der Waals surface area contributed by atoms with Crippen LogP contribution in [0.1, 0.15) is 137 Å². The summed E-state index contributed by atoms with van der Waals surface area (Å²) in [6, 6.07) is 40.2. The summed E-state index contributed by atoms with van der Waals surface area (Å²) in [4.78, 5) is 2.49. The summed E-state index contributed by atoms with van der Waals surface area (Å²) >= 11 is 0. The minimum Gasteiger partial charge on any atom is -0.311 e. The number of hydrogen-bond acceptors (Lipinski definition) is 1. The van der Waals surface area contributed by atoms with E-state index in [1.54, 1.807) is 0 Å². The van der Waals surface area contributed by atoms with Crippen molar-refractivity contribution in [2.75, 3.05) is 4.90 Å². The van der Waals surface area contributed by atoms with E-state index >= 15 is 0 Å². The van der Waals surface area contributed by atoms with E-state index in [0.29, 0.717) is 0 Å². The number of hydrogen-bond donors (Lipinski definition) is 0. The van der Waals surface area contributed by atoms with Gasteiger partial charge in [0.2, 0.25) is 0 Å². The lowest BCUT2D eigenvalue weighted by Gasteiger charge is -2.35. The molecule has 0 radical (unpaired) electrons. The van der Waals surface area contributed by atoms with E-state index in [-0.39, 0.29) is 5.41 Å². The summed E-state index contributed by atoms with van der Waals surface area (Å²) < 4.78 is 0. The molecule has 0 bridgehead atoms. The Balaban J connectivity index is 1.24. The minimum absolute atomic E-state index is 0.115. The Morgan fingerprint density at radius 2 is 0.773 bits per heavy atom. The normalized spacial score (nSPS) is 19.7. The summed E-state index contributed by atoms with van der Waals surface area (Å²) in [5, 5.41) is 0. The Labute approximate surface area is 266 Å². The second-order valence-corrected chi connectivity index (χ2v) is 14.1. The third-order valence-corrected chi connectivity index (χ3v) is 11.4. The molecule has 3 aliphatic rings. The van der Waals surface area contributed by atoms with E-state index < -0.39 is 0 Å². The van der Waals surface area contributed by atoms with Crippen molar-refractivity contribution in [3.8, 4) is 0 Å². The highest BCUT2D eigenvalue weighted by molar-refractivity contribution is 5.77. The Morgan fingerprint density at radius 3 is 1.23 bits per heavy atom. The van der Waals surface area contributed by atoms with Crippen LogP contribution in [0, 0.1) is 0 Å². The van der Waals surface area contributed by atoms with Gasteiger partial charge in [0.05, 0.1) is 0 Å². The Bertz CT molecular complexity index is 1370. The Hall–Kier alpha value is -3.32. The average Bonchev–Trinajstić information content (AvgIpc) is 3.38. The highest BCUT2D eigenvalue weighted by Crippen LogP contribution is 2.45. The van der Waals surface area contributed by atoms with Gasteiger partial charge in [-0.05, 0) is 109 Å². The number of rotatable bonds is 7. The second-order valence-electron chi connectivity index (χ2n) is 14.1. The standard InChI is InChI=1S/C43H51N/c1-2-13-33-43(32-12-1,38-18-10-5-11-19-38)39-24-30-42(31-25-39)44(40-26-20-36(21-27-40)34-14-6-3-7-15-34)41-28-22-37(23-29-41)35-16-8-4-9-17-35/h5,10-11,18-31,34-35H,1-4,6-9,12-17,32-33H2. The lowest BCUT2D eigenvalue weighted by molar-refractivity contribution is 0.443. The first-order chi connectivity index (χ1) is 21.8. The molecule has 4 aromatic rings. The van der Waals surface area contributed by atoms with Crippen molar-refractivity contribution in [3.05, 3.63) is 125 Å². The highest BCUT2D eigenvalue weighted by atomic mass is 15.1. The Morgan fingerprint density at radius 1 is 0.386 bits per heavy atom. The molecule has 1 heteroatoms. The van der Waals surface area contributed by atoms with E-state index in [4.69, 9.17) is 0 Å². The monoisotopic (exact) mass is 581 g/mol. The SMILES string of the molecule is c1ccc(C2(c3ccc(N(c4ccc(C5CCCCC5)cc4)c4ccc(C5CCCCC5)cc4)cc3)CCCCCC2)cc1. The summed E-state index contributed by atoms with van der Waals surface area (Å²) in [5.41, 5.74) is 9.90. The smallest absolute Gasteiger partial charge is 0.0461 e. The zero-order valence-electron chi connectivity index (χ0n) is 26.7. The van der Waals surface area contributed by atoms with Crippen LogP contribution < -0.4 is 4.90 Å². The summed E-state index contributed by atoms with van der Waals surface area (Å²) in [5.74, 6) is 1.46. The fourth-order valence-electron chi connectivity index (χ4n) is 8.87. The van der Waals surface area contributed by atoms with Crippen molar-refractivity contribution < 1.29 is 0 Å². The quantitative estimate of drug-likeness (QED) is 0.196. The predicted molar refractivity (Wildman–Crippen MR) is 188 cm³/mol. The molecule has 0 amide bonds. The molecular weight excluding hydrogens is 530 g/mol. The van der Waals surface area contributed by atoms with Crippen molar-refractivity contribution in [1.82, 2.24) is 0 Å². The molecule has 7 rings (SSSR count). The van der Waals surface area contributed by atoms with Crippen LogP contribution in [0.25, 0.3) is 0 Å². The van der Waals surface area contributed by atoms with E-state index in [1.165, 1.54) is 142 Å². The van der Waals surface area contributed by atoms with E-state index in [2.05, 4.69) is 108 Å². The van der Waals surface area contributed by atoms with Gasteiger partial charge < -0.3 is 4.90 Å². The van der Waals surface area contributed by atoms with E-state index in [0.717, 1.165) is 11.8 Å². The molecule has 0 saturated heterocycles. The highest BCUT2D eigenvalue weighted by Gasteiger charge is 2.34. The predicted octanol–water partition coefficient (Wildman–Crippen LogP) is 12.9. The molecule has 44 heavy (non-hydrogen) atoms. The molecule has 4 aromatic carbocycles. The van der Waals surface area contributed by atoms with Gasteiger partial charge in [-0.25, -0.2) is 0 Å². The zero-order valence-corrected chi connectivity index (χ0v) is 26.7. The molecule has 3 aliphatic carbocycles. The summed E-state index contributed by atoms with van der Waals surface area (Å²) in [6.07, 6.45) is 21.5. The molecule has 0 spiro atoms. The fraction of sp³-hybridized carbons (Fsp3) is 0.442. The maximum absolute atomic E-state index is 2.49. The van der Waals surface area contributed by atoms with Gasteiger partial charge in [-0.1, -0.05) is 131 Å². The first-order valence-electron chi connectivity index (χ1n) is 18.0. The third kappa shape index (κ3) is 6.26. The molecule has 1 nitrogen and oxygen atoms in total. The topological polar surface area (TPSA) is 3.24 Å². The van der Waals surface area contributed by atoms with Crippen molar-refractivity contribution in [2.24, 2.45) is 0 Å². The summed E-state index contributed by atoms with van der Waals surface area (Å²) in [6.45, 7) is 0. The van der Waals surface area contributed by atoms with Gasteiger partial charge in [0, 0.05) is 22.5 Å². The van der Waals surface area contributed by atoms with E-state index in [9.17, 15) is 0 Å². The Kier molecular flexibility index (Phi) is 9.19. The molecule has 228 valence electrons. The van der Waals surface area contributed by atoms with Crippen LogP contribution in [-0.4, -0.2) is 0 Å². The molecule has 3 saturated carbocycles. The van der Waals surface area contributed by atoms with Crippen molar-refractivity contribution >= 4 is 17.1 Å². The van der Waals surface area contributed by atoms with Crippen LogP contribution in [0.5, 0.6) is 0 Å². The van der Waals surface area contributed by atoms with Crippen LogP contribution in [0.4, 0.5) is 17.1 Å². The zero-order chi connectivity index (χ0) is 29.6. The molecule has 0 aromatic heterocycles. The van der Waals surface area contributed by atoms with Crippen LogP contribution in [0.2, 0.25) is 0 Å². The maximum Gasteiger partial charge on any atom is 0.0461 e. The maximum atomic E-state index is 2.49. The lowest BCUT2D eigenvalue weighted by Crippen LogP contribution is -2.27. The first-order valence-corrected chi connectivity index (χ1v) is 18.0. The van der Waals surface area contributed by atoms with Crippen LogP contribution >= 0.6 is 0 Å². The van der Waals surface area contributed by atoms with Gasteiger partial charge in [0.15, 0.2) is 0 Å². The molecule has 0 atom stereocenters. The molecule has 3 fully saturated rings. The summed E-state index contributed by atoms with van der Waals surface area (Å²) in [7, 11) is 0. The molecule has 0 unspecified atom stereocenters. The van der Waals surface area contributed by atoms with E-state index in [1.807, 2.05) is 0 Å². The number of nitrogens with zero attached hydrogens (tertiary/aromatic N) is 1. The van der Waals surface area contributed by atoms with Gasteiger partial charge in [-0.15, -0.1) is 0 Å². The van der Waals surface area contributed by atoms with Crippen LogP contribution in [0.15, 0.2) is 103 Å². The minimum atomic E-state index is 0.115. The van der Waals surface area contributed by atoms with Gasteiger partial charge in [-0.3, -0.25) is 0 Å². The van der Waals surface area contributed by atoms with Crippen LogP contribution in [-0.2, 0) is 5.41 Å². The van der Waals surface area contributed by atoms with Crippen molar-refractivity contribution in [2.45, 2.75) is 120 Å². The van der Waals surface area contributed by atoms with Crippen LogP contribution in [0.3, 0.4) is 0 Å². The van der Waals surface area contributed by atoms with Gasteiger partial charge in [0.25, 0.3) is 0 Å². The van der Waals surface area contributed by atoms with Crippen molar-refractivity contribution in [1.29, 1.82) is 0 Å². The third-order valence-electron chi connectivity index (χ3n) is 11.4. The van der Waals surface area contributed by atoms with Crippen molar-refractivity contribution in [3.63, 3.8) is 0 Å². The molecule has 0 N–H and O–H groups in total. The molecule has 0 aliphatic heterocycles. The fourth-order valence-corrected chi connectivity index (χ4v) is 8.87. The number of benzene rings is 4. The molecule has 0 heterocycles. The first kappa shape index (κ1) is 29.4. The lowest BCUT2D eigenvalue weighted by atomic mass is 9.69.